The molecule has 156 valence electrons. The van der Waals surface area contributed by atoms with Crippen LogP contribution >= 0.6 is 0 Å². The summed E-state index contributed by atoms with van der Waals surface area (Å²) in [5.74, 6) is -0.771. The number of carbonyl (C=O) groups excluding carboxylic acids is 2. The molecule has 1 heterocycles. The van der Waals surface area contributed by atoms with Gasteiger partial charge in [-0.3, -0.25) is 4.79 Å². The minimum atomic E-state index is -0.971. The summed E-state index contributed by atoms with van der Waals surface area (Å²) < 4.78 is 11.2. The van der Waals surface area contributed by atoms with Gasteiger partial charge in [0.2, 0.25) is 0 Å². The second-order valence-electron chi connectivity index (χ2n) is 8.56. The molecular formula is C24H30O5. The van der Waals surface area contributed by atoms with Crippen molar-refractivity contribution in [2.75, 3.05) is 0 Å². The van der Waals surface area contributed by atoms with Crippen LogP contribution in [-0.2, 0) is 14.3 Å². The molecule has 1 saturated heterocycles. The fourth-order valence-electron chi connectivity index (χ4n) is 4.12. The minimum Gasteiger partial charge on any atom is -0.462 e. The fraction of sp³-hybridized carbons (Fsp3) is 0.500. The van der Waals surface area contributed by atoms with Crippen molar-refractivity contribution in [2.45, 2.75) is 64.3 Å². The van der Waals surface area contributed by atoms with Crippen LogP contribution in [0.4, 0.5) is 0 Å². The van der Waals surface area contributed by atoms with E-state index >= 15 is 0 Å². The quantitative estimate of drug-likeness (QED) is 0.550. The van der Waals surface area contributed by atoms with Crippen LogP contribution in [-0.4, -0.2) is 34.9 Å². The fourth-order valence-corrected chi connectivity index (χ4v) is 4.12. The van der Waals surface area contributed by atoms with E-state index in [1.807, 2.05) is 26.0 Å². The molecule has 0 radical (unpaired) electrons. The summed E-state index contributed by atoms with van der Waals surface area (Å²) in [4.78, 5) is 24.3. The van der Waals surface area contributed by atoms with Crippen LogP contribution in [0.5, 0.6) is 0 Å². The van der Waals surface area contributed by atoms with Crippen molar-refractivity contribution in [2.24, 2.45) is 11.8 Å². The normalized spacial score (nSPS) is 27.9. The van der Waals surface area contributed by atoms with Crippen LogP contribution in [0.2, 0.25) is 0 Å². The van der Waals surface area contributed by atoms with E-state index in [0.29, 0.717) is 24.8 Å². The summed E-state index contributed by atoms with van der Waals surface area (Å²) in [6.07, 6.45) is 7.37. The van der Waals surface area contributed by atoms with Gasteiger partial charge in [-0.2, -0.15) is 0 Å². The molecule has 5 heteroatoms. The second-order valence-corrected chi connectivity index (χ2v) is 8.56. The highest BCUT2D eigenvalue weighted by atomic mass is 16.6. The molecule has 1 aromatic rings. The Morgan fingerprint density at radius 1 is 1.31 bits per heavy atom. The largest absolute Gasteiger partial charge is 0.462 e. The maximum absolute atomic E-state index is 12.5. The number of benzene rings is 1. The van der Waals surface area contributed by atoms with E-state index in [9.17, 15) is 14.7 Å². The lowest BCUT2D eigenvalue weighted by molar-refractivity contribution is -0.141. The maximum Gasteiger partial charge on any atom is 0.338 e. The first-order valence-electron chi connectivity index (χ1n) is 10.3. The van der Waals surface area contributed by atoms with E-state index in [4.69, 9.17) is 9.47 Å². The third-order valence-corrected chi connectivity index (χ3v) is 5.70. The molecule has 3 rings (SSSR count). The van der Waals surface area contributed by atoms with E-state index in [-0.39, 0.29) is 36.0 Å². The zero-order chi connectivity index (χ0) is 21.0. The van der Waals surface area contributed by atoms with Gasteiger partial charge in [-0.1, -0.05) is 42.0 Å². The van der Waals surface area contributed by atoms with E-state index in [1.54, 1.807) is 37.3 Å². The van der Waals surface area contributed by atoms with Crippen LogP contribution in [0.1, 0.15) is 56.8 Å². The molecule has 2 aliphatic rings. The Bertz CT molecular complexity index is 789. The Hall–Kier alpha value is -2.40. The molecule has 1 unspecified atom stereocenters. The number of rotatable bonds is 7. The maximum atomic E-state index is 12.5. The molecule has 5 atom stereocenters. The first kappa shape index (κ1) is 21.3. The van der Waals surface area contributed by atoms with Gasteiger partial charge in [-0.05, 0) is 45.7 Å². The SMILES string of the molecule is CC(C)=CCCC(C)(O)/C=C/[C@@H]1[C@H]2CC(=O)O[C@H]2C[C@H]1OC(=O)c1ccccc1. The topological polar surface area (TPSA) is 72.8 Å². The Balaban J connectivity index is 1.72. The molecule has 0 spiro atoms. The monoisotopic (exact) mass is 398 g/mol. The number of fused-ring (bicyclic) bond motifs is 1. The zero-order valence-electron chi connectivity index (χ0n) is 17.3. The van der Waals surface area contributed by atoms with Crippen molar-refractivity contribution in [3.8, 4) is 0 Å². The molecule has 1 aromatic carbocycles. The second kappa shape index (κ2) is 8.95. The van der Waals surface area contributed by atoms with E-state index < -0.39 is 5.60 Å². The molecule has 29 heavy (non-hydrogen) atoms. The predicted molar refractivity (Wildman–Crippen MR) is 110 cm³/mol. The number of hydrogen-bond acceptors (Lipinski definition) is 5. The van der Waals surface area contributed by atoms with E-state index in [1.165, 1.54) is 5.57 Å². The van der Waals surface area contributed by atoms with Crippen molar-refractivity contribution in [1.29, 1.82) is 0 Å². The van der Waals surface area contributed by atoms with E-state index in [0.717, 1.165) is 6.42 Å². The summed E-state index contributed by atoms with van der Waals surface area (Å²) in [7, 11) is 0. The summed E-state index contributed by atoms with van der Waals surface area (Å²) >= 11 is 0. The number of ether oxygens (including phenoxy) is 2. The standard InChI is InChI=1S/C24H30O5/c1-16(2)8-7-12-24(3,27)13-11-18-19-14-22(25)28-21(19)15-20(18)29-23(26)17-9-5-4-6-10-17/h4-6,8-11,13,18-21,27H,7,12,14-15H2,1-3H3/b13-11+/t18-,19-,20-,21+,24?/m1/s1. The number of carbonyl (C=O) groups is 2. The molecule has 1 saturated carbocycles. The molecular weight excluding hydrogens is 368 g/mol. The summed E-state index contributed by atoms with van der Waals surface area (Å²) in [5, 5.41) is 10.7. The first-order valence-corrected chi connectivity index (χ1v) is 10.3. The van der Waals surface area contributed by atoms with E-state index in [2.05, 4.69) is 6.08 Å². The van der Waals surface area contributed by atoms with Crippen molar-refractivity contribution in [1.82, 2.24) is 0 Å². The van der Waals surface area contributed by atoms with Crippen molar-refractivity contribution in [3.05, 3.63) is 59.7 Å². The van der Waals surface area contributed by atoms with Gasteiger partial charge in [0, 0.05) is 18.3 Å². The number of esters is 2. The van der Waals surface area contributed by atoms with Gasteiger partial charge in [0.25, 0.3) is 0 Å². The molecule has 5 nitrogen and oxygen atoms in total. The van der Waals surface area contributed by atoms with Crippen LogP contribution in [0, 0.1) is 11.8 Å². The Labute approximate surface area is 172 Å². The lowest BCUT2D eigenvalue weighted by atomic mass is 9.89. The van der Waals surface area contributed by atoms with Gasteiger partial charge in [0.15, 0.2) is 0 Å². The number of aliphatic hydroxyl groups is 1. The predicted octanol–water partition coefficient (Wildman–Crippen LogP) is 4.22. The van der Waals surface area contributed by atoms with Gasteiger partial charge in [0.1, 0.15) is 12.2 Å². The van der Waals surface area contributed by atoms with Crippen molar-refractivity contribution in [3.63, 3.8) is 0 Å². The molecule has 1 aliphatic heterocycles. The Morgan fingerprint density at radius 2 is 2.03 bits per heavy atom. The highest BCUT2D eigenvalue weighted by molar-refractivity contribution is 5.89. The molecule has 0 aromatic heterocycles. The highest BCUT2D eigenvalue weighted by Crippen LogP contribution is 2.44. The third-order valence-electron chi connectivity index (χ3n) is 5.70. The van der Waals surface area contributed by atoms with Crippen LogP contribution in [0.15, 0.2) is 54.1 Å². The average molecular weight is 398 g/mol. The Morgan fingerprint density at radius 3 is 2.72 bits per heavy atom. The lowest BCUT2D eigenvalue weighted by Crippen LogP contribution is -2.26. The number of allylic oxidation sites excluding steroid dienone is 2. The van der Waals surface area contributed by atoms with Gasteiger partial charge in [0.05, 0.1) is 17.6 Å². The first-order chi connectivity index (χ1) is 13.7. The lowest BCUT2D eigenvalue weighted by Gasteiger charge is -2.23. The van der Waals surface area contributed by atoms with Crippen LogP contribution in [0.25, 0.3) is 0 Å². The zero-order valence-corrected chi connectivity index (χ0v) is 17.3. The van der Waals surface area contributed by atoms with Crippen molar-refractivity contribution < 1.29 is 24.2 Å². The average Bonchev–Trinajstić information content (AvgIpc) is 3.15. The van der Waals surface area contributed by atoms with Gasteiger partial charge < -0.3 is 14.6 Å². The summed E-state index contributed by atoms with van der Waals surface area (Å²) in [6.45, 7) is 5.84. The van der Waals surface area contributed by atoms with Crippen molar-refractivity contribution >= 4 is 11.9 Å². The minimum absolute atomic E-state index is 0.0269. The van der Waals surface area contributed by atoms with Gasteiger partial charge in [-0.15, -0.1) is 0 Å². The van der Waals surface area contributed by atoms with Crippen LogP contribution < -0.4 is 0 Å². The number of hydrogen-bond donors (Lipinski definition) is 1. The third kappa shape index (κ3) is 5.57. The van der Waals surface area contributed by atoms with Gasteiger partial charge in [-0.25, -0.2) is 4.79 Å². The molecule has 0 amide bonds. The van der Waals surface area contributed by atoms with Gasteiger partial charge >= 0.3 is 11.9 Å². The van der Waals surface area contributed by atoms with Crippen LogP contribution in [0.3, 0.4) is 0 Å². The summed E-state index contributed by atoms with van der Waals surface area (Å²) in [6, 6.07) is 8.87. The smallest absolute Gasteiger partial charge is 0.338 e. The Kier molecular flexibility index (Phi) is 6.58. The molecule has 0 bridgehead atoms. The molecule has 1 N–H and O–H groups in total. The molecule has 2 fully saturated rings. The highest BCUT2D eigenvalue weighted by Gasteiger charge is 2.50. The summed E-state index contributed by atoms with van der Waals surface area (Å²) in [5.41, 5.74) is 0.748. The molecule has 1 aliphatic carbocycles.